The van der Waals surface area contributed by atoms with Crippen LogP contribution in [0.3, 0.4) is 0 Å². The standard InChI is InChI=1S/C50H32S12/c1-21-7-13-27(51-21)29-19-31-41(57-29)37-43(59-31)45-39(49(37,33-15-9-23(3)53-33)34-16-10-24(4)54-34)47-48(61-45)40-46(62-47)44-38(42-32(60-44)20-30(58-42)28-14-8-22(2)52-28)50(40,35-17-11-25(5)55-35)36-18-12-26(6)56-36/h7-20H,1-6H3. The van der Waals surface area contributed by atoms with Crippen LogP contribution >= 0.6 is 136 Å². The van der Waals surface area contributed by atoms with Crippen molar-refractivity contribution in [2.24, 2.45) is 0 Å². The molecule has 0 saturated heterocycles. The van der Waals surface area contributed by atoms with Gasteiger partial charge in [-0.25, -0.2) is 0 Å². The molecule has 304 valence electrons. The largest absolute Gasteiger partial charge is 0.144 e. The third-order valence-electron chi connectivity index (χ3n) is 12.6. The highest BCUT2D eigenvalue weighted by atomic mass is 32.1. The van der Waals surface area contributed by atoms with Crippen LogP contribution in [0.2, 0.25) is 0 Å². The normalized spacial score (nSPS) is 14.9. The van der Waals surface area contributed by atoms with Gasteiger partial charge in [0.25, 0.3) is 0 Å². The van der Waals surface area contributed by atoms with E-state index in [1.165, 1.54) is 127 Å². The number of hydrogen-bond donors (Lipinski definition) is 0. The summed E-state index contributed by atoms with van der Waals surface area (Å²) in [6.45, 7) is 13.6. The monoisotopic (exact) mass is 1020 g/mol. The maximum Gasteiger partial charge on any atom is 0.0944 e. The summed E-state index contributed by atoms with van der Waals surface area (Å²) in [5, 5.41) is 0. The summed E-state index contributed by atoms with van der Waals surface area (Å²) in [4.78, 5) is 25.6. The molecule has 2 aliphatic carbocycles. The second kappa shape index (κ2) is 13.4. The van der Waals surface area contributed by atoms with Gasteiger partial charge in [-0.05, 0) is 126 Å². The zero-order valence-electron chi connectivity index (χ0n) is 34.0. The maximum atomic E-state index is 2.50. The van der Waals surface area contributed by atoms with Crippen molar-refractivity contribution in [3.05, 3.63) is 156 Å². The second-order valence-corrected chi connectivity index (χ2v) is 30.4. The Morgan fingerprint density at radius 2 is 0.581 bits per heavy atom. The molecule has 62 heavy (non-hydrogen) atoms. The fourth-order valence-corrected chi connectivity index (χ4v) is 25.4. The second-order valence-electron chi connectivity index (χ2n) is 16.5. The lowest BCUT2D eigenvalue weighted by atomic mass is 9.75. The highest BCUT2D eigenvalue weighted by molar-refractivity contribution is 7.38. The van der Waals surface area contributed by atoms with Crippen LogP contribution in [0, 0.1) is 41.5 Å². The van der Waals surface area contributed by atoms with Gasteiger partial charge in [0.15, 0.2) is 0 Å². The van der Waals surface area contributed by atoms with E-state index in [-0.39, 0.29) is 10.8 Å². The van der Waals surface area contributed by atoms with Gasteiger partial charge >= 0.3 is 0 Å². The third-order valence-corrected chi connectivity index (χ3v) is 27.2. The molecule has 12 aromatic heterocycles. The molecule has 0 bridgehead atoms. The minimum Gasteiger partial charge on any atom is -0.144 e. The van der Waals surface area contributed by atoms with Crippen LogP contribution in [0.5, 0.6) is 0 Å². The van der Waals surface area contributed by atoms with E-state index in [4.69, 9.17) is 0 Å². The number of aryl methyl sites for hydroxylation is 6. The van der Waals surface area contributed by atoms with Crippen LogP contribution < -0.4 is 0 Å². The third kappa shape index (κ3) is 4.94. The summed E-state index contributed by atoms with van der Waals surface area (Å²) in [5.74, 6) is 0. The lowest BCUT2D eigenvalue weighted by molar-refractivity contribution is 0.826. The van der Waals surface area contributed by atoms with Crippen LogP contribution in [-0.2, 0) is 10.8 Å². The molecular weight excluding hydrogens is 985 g/mol. The quantitative estimate of drug-likeness (QED) is 0.156. The molecule has 0 spiro atoms. The van der Waals surface area contributed by atoms with Gasteiger partial charge in [-0.2, -0.15) is 0 Å². The van der Waals surface area contributed by atoms with Gasteiger partial charge in [0.1, 0.15) is 0 Å². The predicted octanol–water partition coefficient (Wildman–Crippen LogP) is 19.8. The van der Waals surface area contributed by atoms with Gasteiger partial charge in [0.2, 0.25) is 0 Å². The Balaban J connectivity index is 1.12. The Labute approximate surface area is 407 Å². The van der Waals surface area contributed by atoms with Crippen molar-refractivity contribution in [3.8, 4) is 39.0 Å². The Morgan fingerprint density at radius 1 is 0.274 bits per heavy atom. The van der Waals surface area contributed by atoms with Crippen molar-refractivity contribution < 1.29 is 0 Å². The average Bonchev–Trinajstić information content (AvgIpc) is 4.04. The van der Waals surface area contributed by atoms with Gasteiger partial charge in [-0.1, -0.05) is 0 Å². The first-order valence-corrected chi connectivity index (χ1v) is 30.1. The summed E-state index contributed by atoms with van der Waals surface area (Å²) >= 11 is 24.2. The number of fused-ring (bicyclic) bond motifs is 13. The zero-order valence-corrected chi connectivity index (χ0v) is 43.8. The topological polar surface area (TPSA) is 0 Å². The fourth-order valence-electron chi connectivity index (χ4n) is 10.1. The molecule has 0 aromatic carbocycles. The molecule has 0 fully saturated rings. The minimum absolute atomic E-state index is 0.390. The summed E-state index contributed by atoms with van der Waals surface area (Å²) < 4.78 is 8.79. The Kier molecular flexibility index (Phi) is 8.31. The molecular formula is C50H32S12. The van der Waals surface area contributed by atoms with Crippen LogP contribution in [0.1, 0.15) is 71.0 Å². The molecule has 0 radical (unpaired) electrons. The minimum atomic E-state index is -0.390. The maximum absolute atomic E-state index is 2.50. The van der Waals surface area contributed by atoms with Crippen molar-refractivity contribution in [3.63, 3.8) is 0 Å². The van der Waals surface area contributed by atoms with E-state index in [9.17, 15) is 0 Å². The summed E-state index contributed by atoms with van der Waals surface area (Å²) in [6, 6.07) is 33.6. The van der Waals surface area contributed by atoms with E-state index in [1.807, 2.05) is 113 Å². The van der Waals surface area contributed by atoms with E-state index in [1.54, 1.807) is 11.1 Å². The van der Waals surface area contributed by atoms with Crippen LogP contribution in [-0.4, -0.2) is 0 Å². The van der Waals surface area contributed by atoms with Crippen LogP contribution in [0.15, 0.2) is 84.9 Å². The molecule has 0 N–H and O–H groups in total. The first-order chi connectivity index (χ1) is 30.1. The Morgan fingerprint density at radius 3 is 0.887 bits per heavy atom. The van der Waals surface area contributed by atoms with Gasteiger partial charge in [0, 0.05) is 99.9 Å². The Hall–Kier alpha value is -2.82. The van der Waals surface area contributed by atoms with E-state index in [0.29, 0.717) is 0 Å². The smallest absolute Gasteiger partial charge is 0.0944 e. The molecule has 0 atom stereocenters. The predicted molar refractivity (Wildman–Crippen MR) is 287 cm³/mol. The van der Waals surface area contributed by atoms with Crippen molar-refractivity contribution >= 4 is 164 Å². The highest BCUT2D eigenvalue weighted by Gasteiger charge is 2.57. The molecule has 12 aromatic rings. The molecule has 0 amide bonds. The number of hydrogen-bond acceptors (Lipinski definition) is 12. The molecule has 12 heterocycles. The van der Waals surface area contributed by atoms with Crippen molar-refractivity contribution in [1.29, 1.82) is 0 Å². The number of rotatable bonds is 6. The van der Waals surface area contributed by atoms with E-state index < -0.39 is 0 Å². The zero-order chi connectivity index (χ0) is 41.6. The van der Waals surface area contributed by atoms with Crippen molar-refractivity contribution in [2.45, 2.75) is 52.4 Å². The highest BCUT2D eigenvalue weighted by Crippen LogP contribution is 2.73. The molecule has 0 unspecified atom stereocenters. The first kappa shape index (κ1) is 38.4. The van der Waals surface area contributed by atoms with E-state index in [2.05, 4.69) is 149 Å². The van der Waals surface area contributed by atoms with Gasteiger partial charge in [-0.15, -0.1) is 136 Å². The number of thiophene rings is 12. The lowest BCUT2D eigenvalue weighted by Crippen LogP contribution is -2.26. The molecule has 0 saturated carbocycles. The van der Waals surface area contributed by atoms with Crippen molar-refractivity contribution in [2.75, 3.05) is 0 Å². The van der Waals surface area contributed by atoms with E-state index in [0.717, 1.165) is 0 Å². The SMILES string of the molecule is Cc1ccc(-c2cc3sc4c(c3s2)C(c2ccc(C)s2)(c2ccc(C)s2)c2c-4sc3c4c(sc23)-c2sc3cc(-c5ccc(C)s5)sc3c2C4(c2ccc(C)s2)c2ccc(C)s2)s1. The fraction of sp³-hybridized carbons (Fsp3) is 0.160. The molecule has 0 aliphatic heterocycles. The van der Waals surface area contributed by atoms with Crippen molar-refractivity contribution in [1.82, 2.24) is 0 Å². The van der Waals surface area contributed by atoms with Gasteiger partial charge in [-0.3, -0.25) is 0 Å². The van der Waals surface area contributed by atoms with Gasteiger partial charge < -0.3 is 0 Å². The average molecular weight is 1020 g/mol. The van der Waals surface area contributed by atoms with Crippen LogP contribution in [0.25, 0.3) is 67.2 Å². The van der Waals surface area contributed by atoms with E-state index >= 15 is 0 Å². The first-order valence-electron chi connectivity index (χ1n) is 20.3. The molecule has 2 aliphatic rings. The lowest BCUT2D eigenvalue weighted by Gasteiger charge is -2.30. The summed E-state index contributed by atoms with van der Waals surface area (Å²) in [7, 11) is 0. The van der Waals surface area contributed by atoms with Gasteiger partial charge in [0.05, 0.1) is 49.1 Å². The summed E-state index contributed by atoms with van der Waals surface area (Å²) in [5.41, 5.74) is 5.37. The molecule has 12 heteroatoms. The molecule has 14 rings (SSSR count). The molecule has 0 nitrogen and oxygen atoms in total. The van der Waals surface area contributed by atoms with Crippen LogP contribution in [0.4, 0.5) is 0 Å². The Bertz CT molecular complexity index is 3470. The summed E-state index contributed by atoms with van der Waals surface area (Å²) in [6.07, 6.45) is 0.